The fraction of sp³-hybridized carbons (Fsp3) is 0.500. The highest BCUT2D eigenvalue weighted by Gasteiger charge is 2.23. The van der Waals surface area contributed by atoms with E-state index in [2.05, 4.69) is 10.6 Å². The monoisotopic (exact) mass is 293 g/mol. The molecule has 0 aliphatic carbocycles. The summed E-state index contributed by atoms with van der Waals surface area (Å²) < 4.78 is 5.46. The number of nitrogens with one attached hydrogen (secondary N) is 2. The summed E-state index contributed by atoms with van der Waals surface area (Å²) in [4.78, 5) is 22.3. The smallest absolute Gasteiger partial charge is 0.292 e. The Bertz CT molecular complexity index is 547. The lowest BCUT2D eigenvalue weighted by Gasteiger charge is -2.28. The second-order valence-electron chi connectivity index (χ2n) is 5.12. The molecule has 0 bridgehead atoms. The highest BCUT2D eigenvalue weighted by molar-refractivity contribution is 5.95. The van der Waals surface area contributed by atoms with Crippen LogP contribution in [0.25, 0.3) is 0 Å². The van der Waals surface area contributed by atoms with Crippen LogP contribution in [0.1, 0.15) is 30.1 Å². The number of nitrogens with zero attached hydrogens (tertiary/aromatic N) is 1. The topological polar surface area (TPSA) is 93.5 Å². The van der Waals surface area contributed by atoms with Crippen molar-refractivity contribution in [2.75, 3.05) is 19.0 Å². The molecule has 1 saturated heterocycles. The van der Waals surface area contributed by atoms with Crippen molar-refractivity contribution in [2.24, 2.45) is 0 Å². The van der Waals surface area contributed by atoms with E-state index in [1.165, 1.54) is 25.2 Å². The average Bonchev–Trinajstić information content (AvgIpc) is 2.46. The maximum Gasteiger partial charge on any atom is 0.292 e. The molecule has 0 saturated carbocycles. The van der Waals surface area contributed by atoms with E-state index >= 15 is 0 Å². The summed E-state index contributed by atoms with van der Waals surface area (Å²) in [7, 11) is 1.52. The van der Waals surface area contributed by atoms with Gasteiger partial charge in [0.05, 0.1) is 11.0 Å². The van der Waals surface area contributed by atoms with E-state index in [0.717, 1.165) is 12.8 Å². The Morgan fingerprint density at radius 3 is 2.86 bits per heavy atom. The zero-order chi connectivity index (χ0) is 15.4. The standard InChI is InChI=1S/C14H19N3O4/c1-9-7-11(5-6-21-9)16-12-8-10(14(18)15-2)3-4-13(12)17(19)20/h3-4,8-9,11,16H,5-7H2,1-2H3,(H,15,18). The minimum Gasteiger partial charge on any atom is -0.378 e. The van der Waals surface area contributed by atoms with Crippen LogP contribution in [-0.2, 0) is 4.74 Å². The van der Waals surface area contributed by atoms with Crippen LogP contribution in [0.15, 0.2) is 18.2 Å². The molecular formula is C14H19N3O4. The molecule has 0 spiro atoms. The molecule has 2 rings (SSSR count). The molecule has 1 heterocycles. The number of hydrogen-bond donors (Lipinski definition) is 2. The SMILES string of the molecule is CNC(=O)c1ccc([N+](=O)[O-])c(NC2CCOC(C)C2)c1. The van der Waals surface area contributed by atoms with Gasteiger partial charge in [-0.2, -0.15) is 0 Å². The van der Waals surface area contributed by atoms with Gasteiger partial charge in [-0.05, 0) is 31.9 Å². The van der Waals surface area contributed by atoms with Crippen LogP contribution < -0.4 is 10.6 Å². The van der Waals surface area contributed by atoms with E-state index in [4.69, 9.17) is 4.74 Å². The minimum absolute atomic E-state index is 0.0261. The Kier molecular flexibility index (Phi) is 4.74. The Morgan fingerprint density at radius 2 is 2.24 bits per heavy atom. The van der Waals surface area contributed by atoms with Gasteiger partial charge in [-0.15, -0.1) is 0 Å². The molecule has 114 valence electrons. The zero-order valence-corrected chi connectivity index (χ0v) is 12.1. The molecular weight excluding hydrogens is 274 g/mol. The molecule has 1 aromatic rings. The molecule has 2 atom stereocenters. The third-order valence-corrected chi connectivity index (χ3v) is 3.53. The average molecular weight is 293 g/mol. The van der Waals surface area contributed by atoms with Gasteiger partial charge in [-0.1, -0.05) is 0 Å². The van der Waals surface area contributed by atoms with Gasteiger partial charge < -0.3 is 15.4 Å². The van der Waals surface area contributed by atoms with Crippen LogP contribution in [0.5, 0.6) is 0 Å². The zero-order valence-electron chi connectivity index (χ0n) is 12.1. The summed E-state index contributed by atoms with van der Waals surface area (Å²) in [6, 6.07) is 4.44. The number of nitro groups is 1. The predicted octanol–water partition coefficient (Wildman–Crippen LogP) is 1.93. The van der Waals surface area contributed by atoms with Crippen molar-refractivity contribution < 1.29 is 14.5 Å². The Hall–Kier alpha value is -2.15. The van der Waals surface area contributed by atoms with Gasteiger partial charge >= 0.3 is 0 Å². The summed E-state index contributed by atoms with van der Waals surface area (Å²) in [5, 5.41) is 16.8. The van der Waals surface area contributed by atoms with Crippen LogP contribution in [0.2, 0.25) is 0 Å². The van der Waals surface area contributed by atoms with Gasteiger partial charge in [0.1, 0.15) is 5.69 Å². The van der Waals surface area contributed by atoms with E-state index < -0.39 is 4.92 Å². The quantitative estimate of drug-likeness (QED) is 0.653. The normalized spacial score (nSPS) is 21.6. The summed E-state index contributed by atoms with van der Waals surface area (Å²) >= 11 is 0. The molecule has 0 radical (unpaired) electrons. The summed E-state index contributed by atoms with van der Waals surface area (Å²) in [5.74, 6) is -0.270. The number of carbonyl (C=O) groups is 1. The highest BCUT2D eigenvalue weighted by atomic mass is 16.6. The van der Waals surface area contributed by atoms with E-state index in [0.29, 0.717) is 17.9 Å². The third-order valence-electron chi connectivity index (χ3n) is 3.53. The molecule has 2 unspecified atom stereocenters. The van der Waals surface area contributed by atoms with Crippen LogP contribution >= 0.6 is 0 Å². The summed E-state index contributed by atoms with van der Waals surface area (Å²) in [6.45, 7) is 2.60. The molecule has 1 amide bonds. The minimum atomic E-state index is -0.446. The van der Waals surface area contributed by atoms with Crippen molar-refractivity contribution in [1.29, 1.82) is 0 Å². The van der Waals surface area contributed by atoms with Gasteiger partial charge in [-0.3, -0.25) is 14.9 Å². The number of benzene rings is 1. The molecule has 21 heavy (non-hydrogen) atoms. The number of hydrogen-bond acceptors (Lipinski definition) is 5. The first kappa shape index (κ1) is 15.2. The Morgan fingerprint density at radius 1 is 1.48 bits per heavy atom. The molecule has 0 aromatic heterocycles. The van der Waals surface area contributed by atoms with Crippen molar-refractivity contribution in [3.05, 3.63) is 33.9 Å². The van der Waals surface area contributed by atoms with E-state index in [9.17, 15) is 14.9 Å². The van der Waals surface area contributed by atoms with Crippen LogP contribution in [0, 0.1) is 10.1 Å². The maximum absolute atomic E-state index is 11.7. The molecule has 7 heteroatoms. The van der Waals surface area contributed by atoms with Crippen molar-refractivity contribution in [2.45, 2.75) is 31.9 Å². The van der Waals surface area contributed by atoms with Gasteiger partial charge in [0.2, 0.25) is 0 Å². The lowest BCUT2D eigenvalue weighted by atomic mass is 10.0. The first-order valence-corrected chi connectivity index (χ1v) is 6.90. The number of carbonyl (C=O) groups excluding carboxylic acids is 1. The van der Waals surface area contributed by atoms with E-state index in [1.54, 1.807) is 0 Å². The van der Waals surface area contributed by atoms with Crippen molar-refractivity contribution in [1.82, 2.24) is 5.32 Å². The van der Waals surface area contributed by atoms with Gasteiger partial charge in [0.25, 0.3) is 11.6 Å². The molecule has 1 fully saturated rings. The van der Waals surface area contributed by atoms with Gasteiger partial charge in [-0.25, -0.2) is 0 Å². The summed E-state index contributed by atoms with van der Waals surface area (Å²) in [5.41, 5.74) is 0.743. The second kappa shape index (κ2) is 6.53. The second-order valence-corrected chi connectivity index (χ2v) is 5.12. The first-order chi connectivity index (χ1) is 10.0. The van der Waals surface area contributed by atoms with Crippen molar-refractivity contribution in [3.63, 3.8) is 0 Å². The highest BCUT2D eigenvalue weighted by Crippen LogP contribution is 2.28. The summed E-state index contributed by atoms with van der Waals surface area (Å²) in [6.07, 6.45) is 1.69. The molecule has 7 nitrogen and oxygen atoms in total. The number of nitro benzene ring substituents is 1. The van der Waals surface area contributed by atoms with E-state index in [1.807, 2.05) is 6.92 Å². The molecule has 1 aliphatic heterocycles. The first-order valence-electron chi connectivity index (χ1n) is 6.90. The number of amides is 1. The molecule has 1 aliphatic rings. The van der Waals surface area contributed by atoms with Crippen molar-refractivity contribution >= 4 is 17.3 Å². The van der Waals surface area contributed by atoms with E-state index in [-0.39, 0.29) is 23.7 Å². The number of anilines is 1. The number of rotatable bonds is 4. The van der Waals surface area contributed by atoms with Crippen LogP contribution in [0.4, 0.5) is 11.4 Å². The lowest BCUT2D eigenvalue weighted by molar-refractivity contribution is -0.384. The number of ether oxygens (including phenoxy) is 1. The lowest BCUT2D eigenvalue weighted by Crippen LogP contribution is -2.32. The fourth-order valence-corrected chi connectivity index (χ4v) is 2.45. The van der Waals surface area contributed by atoms with Crippen LogP contribution in [0.3, 0.4) is 0 Å². The third kappa shape index (κ3) is 3.69. The fourth-order valence-electron chi connectivity index (χ4n) is 2.45. The van der Waals surface area contributed by atoms with Crippen LogP contribution in [-0.4, -0.2) is 36.6 Å². The maximum atomic E-state index is 11.7. The Balaban J connectivity index is 2.25. The Labute approximate surface area is 122 Å². The molecule has 2 N–H and O–H groups in total. The van der Waals surface area contributed by atoms with Gasteiger partial charge in [0, 0.05) is 31.3 Å². The van der Waals surface area contributed by atoms with Gasteiger partial charge in [0.15, 0.2) is 0 Å². The molecule has 1 aromatic carbocycles. The van der Waals surface area contributed by atoms with Crippen molar-refractivity contribution in [3.8, 4) is 0 Å². The predicted molar refractivity (Wildman–Crippen MR) is 78.5 cm³/mol. The largest absolute Gasteiger partial charge is 0.378 e.